The Balaban J connectivity index is 2.12. The number of nitrogens with two attached hydrogens (primary N) is 1. The maximum absolute atomic E-state index is 11.8. The molecule has 1 heterocycles. The molecule has 94 valence electrons. The van der Waals surface area contributed by atoms with E-state index in [0.29, 0.717) is 0 Å². The van der Waals surface area contributed by atoms with E-state index in [1.807, 2.05) is 4.72 Å². The normalized spacial score (nSPS) is 15.6. The average molecular weight is 259 g/mol. The van der Waals surface area contributed by atoms with Gasteiger partial charge in [-0.05, 0) is 12.8 Å². The first-order valence-electron chi connectivity index (χ1n) is 5.01. The van der Waals surface area contributed by atoms with E-state index >= 15 is 0 Å². The molecular weight excluding hydrogens is 246 g/mol. The molecule has 2 rings (SSSR count). The standard InChI is InChI=1S/C8H13N5O3S/c1-13-4-6(7(9)11-13)17(15,16)12-8(14)10-5-2-3-5/h4-5H,2-3H2,1H3,(H2,9,11)(H2,10,12,14). The van der Waals surface area contributed by atoms with Crippen molar-refractivity contribution in [2.75, 3.05) is 5.73 Å². The van der Waals surface area contributed by atoms with Crippen LogP contribution in [0, 0.1) is 0 Å². The molecule has 0 radical (unpaired) electrons. The zero-order valence-electron chi connectivity index (χ0n) is 9.17. The third-order valence-corrected chi connectivity index (χ3v) is 3.60. The summed E-state index contributed by atoms with van der Waals surface area (Å²) in [7, 11) is -2.42. The van der Waals surface area contributed by atoms with Crippen molar-refractivity contribution in [1.82, 2.24) is 19.8 Å². The Kier molecular flexibility index (Phi) is 2.69. The van der Waals surface area contributed by atoms with Gasteiger partial charge in [0.15, 0.2) is 5.82 Å². The number of rotatable bonds is 3. The summed E-state index contributed by atoms with van der Waals surface area (Å²) < 4.78 is 26.7. The lowest BCUT2D eigenvalue weighted by Gasteiger charge is -2.06. The van der Waals surface area contributed by atoms with Gasteiger partial charge in [-0.1, -0.05) is 0 Å². The van der Waals surface area contributed by atoms with Crippen molar-refractivity contribution in [3.63, 3.8) is 0 Å². The molecule has 8 nitrogen and oxygen atoms in total. The highest BCUT2D eigenvalue weighted by atomic mass is 32.2. The zero-order valence-corrected chi connectivity index (χ0v) is 9.99. The zero-order chi connectivity index (χ0) is 12.6. The van der Waals surface area contributed by atoms with Crippen LogP contribution in [0.5, 0.6) is 0 Å². The van der Waals surface area contributed by atoms with Gasteiger partial charge in [0, 0.05) is 19.3 Å². The first-order valence-corrected chi connectivity index (χ1v) is 6.49. The van der Waals surface area contributed by atoms with Crippen molar-refractivity contribution in [1.29, 1.82) is 0 Å². The van der Waals surface area contributed by atoms with Gasteiger partial charge < -0.3 is 11.1 Å². The molecular formula is C8H13N5O3S. The van der Waals surface area contributed by atoms with E-state index in [0.717, 1.165) is 12.8 Å². The second-order valence-corrected chi connectivity index (χ2v) is 5.56. The number of aryl methyl sites for hydroxylation is 1. The fraction of sp³-hybridized carbons (Fsp3) is 0.500. The van der Waals surface area contributed by atoms with E-state index in [4.69, 9.17) is 5.73 Å². The van der Waals surface area contributed by atoms with Gasteiger partial charge in [-0.3, -0.25) is 4.68 Å². The molecule has 0 atom stereocenters. The molecule has 1 fully saturated rings. The number of hydrogen-bond donors (Lipinski definition) is 3. The van der Waals surface area contributed by atoms with Crippen LogP contribution in [-0.2, 0) is 17.1 Å². The van der Waals surface area contributed by atoms with Gasteiger partial charge >= 0.3 is 6.03 Å². The van der Waals surface area contributed by atoms with E-state index in [1.165, 1.54) is 10.9 Å². The van der Waals surface area contributed by atoms with Crippen LogP contribution in [-0.4, -0.2) is 30.3 Å². The summed E-state index contributed by atoms with van der Waals surface area (Å²) in [5.74, 6) is -0.140. The molecule has 0 saturated heterocycles. The van der Waals surface area contributed by atoms with Crippen molar-refractivity contribution in [2.24, 2.45) is 7.05 Å². The van der Waals surface area contributed by atoms with Gasteiger partial charge in [-0.15, -0.1) is 0 Å². The van der Waals surface area contributed by atoms with Crippen molar-refractivity contribution in [2.45, 2.75) is 23.8 Å². The minimum absolute atomic E-state index is 0.0800. The predicted molar refractivity (Wildman–Crippen MR) is 59.5 cm³/mol. The first-order chi connectivity index (χ1) is 7.88. The van der Waals surface area contributed by atoms with Crippen LogP contribution in [0.15, 0.2) is 11.1 Å². The van der Waals surface area contributed by atoms with Gasteiger partial charge in [-0.2, -0.15) is 5.10 Å². The molecule has 1 aliphatic rings. The number of anilines is 1. The number of amides is 2. The summed E-state index contributed by atoms with van der Waals surface area (Å²) in [6, 6.07) is -0.660. The van der Waals surface area contributed by atoms with Crippen LogP contribution < -0.4 is 15.8 Å². The molecule has 0 unspecified atom stereocenters. The number of urea groups is 1. The number of carbonyl (C=O) groups is 1. The van der Waals surface area contributed by atoms with Crippen LogP contribution in [0.3, 0.4) is 0 Å². The van der Waals surface area contributed by atoms with E-state index in [2.05, 4.69) is 10.4 Å². The topological polar surface area (TPSA) is 119 Å². The minimum Gasteiger partial charge on any atom is -0.381 e. The average Bonchev–Trinajstić information content (AvgIpc) is 2.89. The molecule has 1 aromatic heterocycles. The molecule has 4 N–H and O–H groups in total. The number of hydrogen-bond acceptors (Lipinski definition) is 5. The Morgan fingerprint density at radius 2 is 2.24 bits per heavy atom. The van der Waals surface area contributed by atoms with Gasteiger partial charge in [0.05, 0.1) is 0 Å². The Hall–Kier alpha value is -1.77. The maximum Gasteiger partial charge on any atom is 0.328 e. The highest BCUT2D eigenvalue weighted by molar-refractivity contribution is 7.90. The molecule has 2 amide bonds. The van der Waals surface area contributed by atoms with Crippen LogP contribution in [0.4, 0.5) is 10.6 Å². The second kappa shape index (κ2) is 3.91. The lowest BCUT2D eigenvalue weighted by molar-refractivity contribution is 0.245. The third-order valence-electron chi connectivity index (χ3n) is 2.25. The summed E-state index contributed by atoms with van der Waals surface area (Å²) in [5, 5.41) is 6.21. The van der Waals surface area contributed by atoms with Crippen molar-refractivity contribution >= 4 is 21.9 Å². The first kappa shape index (κ1) is 11.7. The number of aromatic nitrogens is 2. The molecule has 0 aliphatic heterocycles. The van der Waals surface area contributed by atoms with Crippen molar-refractivity contribution in [3.8, 4) is 0 Å². The Morgan fingerprint density at radius 1 is 1.59 bits per heavy atom. The summed E-state index contributed by atoms with van der Waals surface area (Å²) in [4.78, 5) is 11.1. The lowest BCUT2D eigenvalue weighted by Crippen LogP contribution is -2.40. The maximum atomic E-state index is 11.8. The van der Waals surface area contributed by atoms with E-state index < -0.39 is 16.1 Å². The van der Waals surface area contributed by atoms with Crippen LogP contribution in [0.2, 0.25) is 0 Å². The van der Waals surface area contributed by atoms with Crippen molar-refractivity contribution in [3.05, 3.63) is 6.20 Å². The number of sulfonamides is 1. The molecule has 0 spiro atoms. The van der Waals surface area contributed by atoms with E-state index in [-0.39, 0.29) is 16.8 Å². The quantitative estimate of drug-likeness (QED) is 0.653. The van der Waals surface area contributed by atoms with Gasteiger partial charge in [-0.25, -0.2) is 17.9 Å². The third kappa shape index (κ3) is 2.67. The second-order valence-electron chi connectivity index (χ2n) is 3.91. The highest BCUT2D eigenvalue weighted by Gasteiger charge is 2.27. The molecule has 17 heavy (non-hydrogen) atoms. The fourth-order valence-electron chi connectivity index (χ4n) is 1.31. The molecule has 1 aliphatic carbocycles. The number of carbonyl (C=O) groups excluding carboxylic acids is 1. The van der Waals surface area contributed by atoms with Gasteiger partial charge in [0.1, 0.15) is 4.90 Å². The highest BCUT2D eigenvalue weighted by Crippen LogP contribution is 2.19. The van der Waals surface area contributed by atoms with Crippen molar-refractivity contribution < 1.29 is 13.2 Å². The Morgan fingerprint density at radius 3 is 2.71 bits per heavy atom. The largest absolute Gasteiger partial charge is 0.381 e. The summed E-state index contributed by atoms with van der Waals surface area (Å²) in [5.41, 5.74) is 5.43. The fourth-order valence-corrected chi connectivity index (χ4v) is 2.33. The minimum atomic E-state index is -3.96. The van der Waals surface area contributed by atoms with Gasteiger partial charge in [0.2, 0.25) is 0 Å². The molecule has 0 aromatic carbocycles. The SMILES string of the molecule is Cn1cc(S(=O)(=O)NC(=O)NC2CC2)c(N)n1. The summed E-state index contributed by atoms with van der Waals surface area (Å²) in [6.45, 7) is 0. The number of nitrogens with one attached hydrogen (secondary N) is 2. The van der Waals surface area contributed by atoms with E-state index in [1.54, 1.807) is 7.05 Å². The van der Waals surface area contributed by atoms with Crippen LogP contribution in [0.25, 0.3) is 0 Å². The summed E-state index contributed by atoms with van der Waals surface area (Å²) >= 11 is 0. The predicted octanol–water partition coefficient (Wildman–Crippen LogP) is -0.847. The molecule has 9 heteroatoms. The van der Waals surface area contributed by atoms with Gasteiger partial charge in [0.25, 0.3) is 10.0 Å². The van der Waals surface area contributed by atoms with Crippen LogP contribution in [0.1, 0.15) is 12.8 Å². The smallest absolute Gasteiger partial charge is 0.328 e. The molecule has 0 bridgehead atoms. The number of nitrogens with zero attached hydrogens (tertiary/aromatic N) is 2. The molecule has 1 aromatic rings. The van der Waals surface area contributed by atoms with E-state index in [9.17, 15) is 13.2 Å². The lowest BCUT2D eigenvalue weighted by atomic mass is 10.7. The Labute approximate surface area is 98.2 Å². The number of nitrogen functional groups attached to an aromatic ring is 1. The monoisotopic (exact) mass is 259 g/mol. The summed E-state index contributed by atoms with van der Waals surface area (Å²) in [6.07, 6.45) is 2.99. The molecule has 1 saturated carbocycles. The Bertz CT molecular complexity index is 546. The van der Waals surface area contributed by atoms with Crippen LogP contribution >= 0.6 is 0 Å².